The summed E-state index contributed by atoms with van der Waals surface area (Å²) in [5.41, 5.74) is 0. The third kappa shape index (κ3) is 49.1. The van der Waals surface area contributed by atoms with Crippen LogP contribution in [0.5, 0.6) is 0 Å². The number of ether oxygens (including phenoxy) is 3. The number of rotatable bonds is 45. The molecule has 6 heteroatoms. The van der Waals surface area contributed by atoms with Gasteiger partial charge in [0.1, 0.15) is 13.2 Å². The van der Waals surface area contributed by atoms with Gasteiger partial charge in [-0.15, -0.1) is 0 Å². The zero-order valence-electron chi connectivity index (χ0n) is 41.3. The van der Waals surface area contributed by atoms with Gasteiger partial charge in [0.2, 0.25) is 0 Å². The zero-order chi connectivity index (χ0) is 46.5. The first kappa shape index (κ1) is 60.1. The highest BCUT2D eigenvalue weighted by Gasteiger charge is 2.19. The van der Waals surface area contributed by atoms with Gasteiger partial charge in [0.15, 0.2) is 6.10 Å². The Morgan fingerprint density at radius 2 is 0.688 bits per heavy atom. The number of allylic oxidation sites excluding steroid dienone is 18. The molecule has 0 fully saturated rings. The molecule has 0 aliphatic heterocycles. The lowest BCUT2D eigenvalue weighted by Crippen LogP contribution is -2.30. The lowest BCUT2D eigenvalue weighted by molar-refractivity contribution is -0.167. The van der Waals surface area contributed by atoms with Gasteiger partial charge in [-0.25, -0.2) is 0 Å². The molecule has 1 atom stereocenters. The number of carbonyl (C=O) groups excluding carboxylic acids is 3. The molecular weight excluding hydrogens is 793 g/mol. The van der Waals surface area contributed by atoms with Crippen molar-refractivity contribution in [1.82, 2.24) is 0 Å². The second-order valence-electron chi connectivity index (χ2n) is 16.8. The molecular formula is C58H94O6. The lowest BCUT2D eigenvalue weighted by atomic mass is 10.1. The monoisotopic (exact) mass is 887 g/mol. The van der Waals surface area contributed by atoms with Crippen LogP contribution >= 0.6 is 0 Å². The summed E-state index contributed by atoms with van der Waals surface area (Å²) >= 11 is 0. The maximum absolute atomic E-state index is 12.8. The maximum atomic E-state index is 12.8. The van der Waals surface area contributed by atoms with Crippen molar-refractivity contribution in [3.05, 3.63) is 109 Å². The van der Waals surface area contributed by atoms with Crippen molar-refractivity contribution >= 4 is 17.9 Å². The Morgan fingerprint density at radius 1 is 0.344 bits per heavy atom. The molecule has 0 aromatic heterocycles. The molecule has 0 spiro atoms. The molecule has 0 heterocycles. The highest BCUT2D eigenvalue weighted by Crippen LogP contribution is 2.14. The minimum absolute atomic E-state index is 0.112. The molecule has 0 saturated heterocycles. The summed E-state index contributed by atoms with van der Waals surface area (Å²) < 4.78 is 16.7. The van der Waals surface area contributed by atoms with E-state index < -0.39 is 6.10 Å². The Morgan fingerprint density at radius 3 is 1.20 bits per heavy atom. The SMILES string of the molecule is CC\C=C/C=C\C=C/C=C\C=C/CCCCCC(=O)OC(COC(=O)CCCC/C=C\C/C=C\C/C=C\CC)COC(=O)CCCCCCCCC/C=C\CCCCCCCCCC. The topological polar surface area (TPSA) is 78.9 Å². The lowest BCUT2D eigenvalue weighted by Gasteiger charge is -2.18. The number of carbonyl (C=O) groups is 3. The van der Waals surface area contributed by atoms with Crippen LogP contribution in [0.25, 0.3) is 0 Å². The van der Waals surface area contributed by atoms with Crippen LogP contribution < -0.4 is 0 Å². The normalized spacial score (nSPS) is 13.0. The molecule has 0 aromatic rings. The van der Waals surface area contributed by atoms with Gasteiger partial charge in [-0.05, 0) is 96.3 Å². The van der Waals surface area contributed by atoms with Crippen LogP contribution in [0.4, 0.5) is 0 Å². The van der Waals surface area contributed by atoms with Gasteiger partial charge in [0.05, 0.1) is 0 Å². The highest BCUT2D eigenvalue weighted by atomic mass is 16.6. The Labute approximate surface area is 393 Å². The predicted octanol–water partition coefficient (Wildman–Crippen LogP) is 17.1. The molecule has 0 N–H and O–H groups in total. The Kier molecular flexibility index (Phi) is 48.5. The van der Waals surface area contributed by atoms with Crippen molar-refractivity contribution in [2.45, 2.75) is 226 Å². The summed E-state index contributed by atoms with van der Waals surface area (Å²) in [5, 5.41) is 0. The predicted molar refractivity (Wildman–Crippen MR) is 274 cm³/mol. The maximum Gasteiger partial charge on any atom is 0.306 e. The van der Waals surface area contributed by atoms with E-state index in [4.69, 9.17) is 14.2 Å². The third-order valence-corrected chi connectivity index (χ3v) is 10.6. The summed E-state index contributed by atoms with van der Waals surface area (Å²) in [6.07, 6.45) is 69.4. The molecule has 6 nitrogen and oxygen atoms in total. The zero-order valence-corrected chi connectivity index (χ0v) is 41.3. The van der Waals surface area contributed by atoms with Crippen molar-refractivity contribution in [1.29, 1.82) is 0 Å². The molecule has 0 saturated carbocycles. The fraction of sp³-hybridized carbons (Fsp3) is 0.638. The first-order valence-electron chi connectivity index (χ1n) is 26.0. The van der Waals surface area contributed by atoms with E-state index in [0.717, 1.165) is 77.0 Å². The van der Waals surface area contributed by atoms with Gasteiger partial charge < -0.3 is 14.2 Å². The second kappa shape index (κ2) is 51.7. The van der Waals surface area contributed by atoms with Crippen molar-refractivity contribution in [2.24, 2.45) is 0 Å². The van der Waals surface area contributed by atoms with Crippen LogP contribution in [0.1, 0.15) is 220 Å². The summed E-state index contributed by atoms with van der Waals surface area (Å²) in [7, 11) is 0. The minimum Gasteiger partial charge on any atom is -0.462 e. The summed E-state index contributed by atoms with van der Waals surface area (Å²) in [6.45, 7) is 6.29. The van der Waals surface area contributed by atoms with Gasteiger partial charge in [-0.1, -0.05) is 214 Å². The van der Waals surface area contributed by atoms with Crippen molar-refractivity contribution in [3.63, 3.8) is 0 Å². The van der Waals surface area contributed by atoms with Crippen LogP contribution in [0.15, 0.2) is 109 Å². The van der Waals surface area contributed by atoms with Crippen LogP contribution in [-0.2, 0) is 28.6 Å². The number of hydrogen-bond acceptors (Lipinski definition) is 6. The van der Waals surface area contributed by atoms with Gasteiger partial charge in [0, 0.05) is 19.3 Å². The van der Waals surface area contributed by atoms with E-state index in [1.165, 1.54) is 89.9 Å². The fourth-order valence-electron chi connectivity index (χ4n) is 6.77. The van der Waals surface area contributed by atoms with E-state index in [1.807, 2.05) is 48.6 Å². The van der Waals surface area contributed by atoms with Gasteiger partial charge >= 0.3 is 17.9 Å². The Balaban J connectivity index is 4.48. The number of unbranched alkanes of at least 4 members (excludes halogenated alkanes) is 20. The minimum atomic E-state index is -0.819. The van der Waals surface area contributed by atoms with E-state index in [-0.39, 0.29) is 37.5 Å². The summed E-state index contributed by atoms with van der Waals surface area (Å²) in [5.74, 6) is -1.00. The number of hydrogen-bond donors (Lipinski definition) is 0. The van der Waals surface area contributed by atoms with Gasteiger partial charge in [-0.3, -0.25) is 14.4 Å². The first-order chi connectivity index (χ1) is 31.5. The quantitative estimate of drug-likeness (QED) is 0.0199. The standard InChI is InChI=1S/C58H94O6/c1-4-7-10-13-16-19-22-25-27-28-29-30-32-33-36-39-42-45-48-51-57(60)63-54-55(53-62-56(59)50-47-44-41-38-35-24-21-18-15-12-9-6-3)64-58(61)52-49-46-43-40-37-34-31-26-23-20-17-14-11-8-5-2/h8-9,11-12,14,17-18,20-21,23,26,28-29,31,34-35,37-38,55H,4-7,10,13,15-16,19,22,24-25,27,30,32-33,36,39-54H2,1-3H3/b11-8-,12-9-,17-14-,21-18-,23-20-,29-28-,31-26-,37-34-,38-35-. The van der Waals surface area contributed by atoms with Gasteiger partial charge in [0.25, 0.3) is 0 Å². The second-order valence-corrected chi connectivity index (χ2v) is 16.8. The smallest absolute Gasteiger partial charge is 0.306 e. The molecule has 0 bridgehead atoms. The van der Waals surface area contributed by atoms with E-state index in [0.29, 0.717) is 25.7 Å². The van der Waals surface area contributed by atoms with Crippen LogP contribution in [0, 0.1) is 0 Å². The number of esters is 3. The van der Waals surface area contributed by atoms with Crippen molar-refractivity contribution in [3.8, 4) is 0 Å². The van der Waals surface area contributed by atoms with E-state index in [2.05, 4.69) is 81.5 Å². The summed E-state index contributed by atoms with van der Waals surface area (Å²) in [4.78, 5) is 37.9. The third-order valence-electron chi connectivity index (χ3n) is 10.6. The molecule has 0 amide bonds. The molecule has 0 rings (SSSR count). The largest absolute Gasteiger partial charge is 0.462 e. The average molecular weight is 887 g/mol. The van der Waals surface area contributed by atoms with Gasteiger partial charge in [-0.2, -0.15) is 0 Å². The first-order valence-corrected chi connectivity index (χ1v) is 26.0. The molecule has 64 heavy (non-hydrogen) atoms. The van der Waals surface area contributed by atoms with Crippen molar-refractivity contribution in [2.75, 3.05) is 13.2 Å². The van der Waals surface area contributed by atoms with E-state index >= 15 is 0 Å². The molecule has 0 aromatic carbocycles. The van der Waals surface area contributed by atoms with E-state index in [1.54, 1.807) is 0 Å². The van der Waals surface area contributed by atoms with Crippen LogP contribution in [0.2, 0.25) is 0 Å². The molecule has 0 aliphatic carbocycles. The van der Waals surface area contributed by atoms with Crippen molar-refractivity contribution < 1.29 is 28.6 Å². The molecule has 0 aliphatic rings. The fourth-order valence-corrected chi connectivity index (χ4v) is 6.77. The Hall–Kier alpha value is -3.93. The van der Waals surface area contributed by atoms with Crippen LogP contribution in [-0.4, -0.2) is 37.2 Å². The average Bonchev–Trinajstić information content (AvgIpc) is 3.29. The molecule has 362 valence electrons. The molecule has 0 radical (unpaired) electrons. The molecule has 1 unspecified atom stereocenters. The Bertz CT molecular complexity index is 1340. The van der Waals surface area contributed by atoms with Crippen LogP contribution in [0.3, 0.4) is 0 Å². The van der Waals surface area contributed by atoms with E-state index in [9.17, 15) is 14.4 Å². The summed E-state index contributed by atoms with van der Waals surface area (Å²) in [6, 6.07) is 0. The highest BCUT2D eigenvalue weighted by molar-refractivity contribution is 5.71.